The van der Waals surface area contributed by atoms with Crippen LogP contribution in [0.2, 0.25) is 0 Å². The Hall–Kier alpha value is -3.29. The van der Waals surface area contributed by atoms with Crippen molar-refractivity contribution in [3.05, 3.63) is 52.6 Å². The third kappa shape index (κ3) is 5.37. The molecule has 1 N–H and O–H groups in total. The molecular weight excluding hydrogens is 340 g/mol. The summed E-state index contributed by atoms with van der Waals surface area (Å²) in [5.74, 6) is 1.45. The summed E-state index contributed by atoms with van der Waals surface area (Å²) in [4.78, 5) is 22.3. The van der Waals surface area contributed by atoms with Crippen LogP contribution in [0.5, 0.6) is 17.2 Å². The number of amides is 1. The Bertz CT molecular complexity index is 761. The first-order valence-electron chi connectivity index (χ1n) is 7.92. The number of methoxy groups -OCH3 is 2. The van der Waals surface area contributed by atoms with Crippen molar-refractivity contribution in [1.82, 2.24) is 0 Å². The Kier molecular flexibility index (Phi) is 6.78. The second-order valence-electron chi connectivity index (χ2n) is 5.32. The Balaban J connectivity index is 1.80. The second kappa shape index (κ2) is 9.26. The van der Waals surface area contributed by atoms with E-state index in [4.69, 9.17) is 14.2 Å². The van der Waals surface area contributed by atoms with Gasteiger partial charge in [-0.2, -0.15) is 0 Å². The van der Waals surface area contributed by atoms with Crippen molar-refractivity contribution in [3.8, 4) is 17.2 Å². The monoisotopic (exact) mass is 360 g/mol. The summed E-state index contributed by atoms with van der Waals surface area (Å²) in [7, 11) is 2.98. The number of nitrogens with one attached hydrogen (secondary N) is 1. The number of nitrogens with zero attached hydrogens (tertiary/aromatic N) is 1. The van der Waals surface area contributed by atoms with Crippen molar-refractivity contribution in [2.24, 2.45) is 0 Å². The summed E-state index contributed by atoms with van der Waals surface area (Å²) in [5, 5.41) is 13.5. The highest BCUT2D eigenvalue weighted by Crippen LogP contribution is 2.29. The lowest BCUT2D eigenvalue weighted by Crippen LogP contribution is -2.13. The van der Waals surface area contributed by atoms with Gasteiger partial charge in [0.05, 0.1) is 37.5 Å². The molecule has 0 atom stereocenters. The topological polar surface area (TPSA) is 99.9 Å². The van der Waals surface area contributed by atoms with Crippen molar-refractivity contribution in [1.29, 1.82) is 0 Å². The number of hydrogen-bond donors (Lipinski definition) is 1. The third-order valence-corrected chi connectivity index (χ3v) is 3.55. The number of ether oxygens (including phenoxy) is 3. The van der Waals surface area contributed by atoms with E-state index in [1.165, 1.54) is 25.3 Å². The third-order valence-electron chi connectivity index (χ3n) is 3.55. The minimum atomic E-state index is -0.523. The molecule has 2 aromatic carbocycles. The van der Waals surface area contributed by atoms with E-state index in [1.54, 1.807) is 31.4 Å². The van der Waals surface area contributed by atoms with Crippen molar-refractivity contribution in [2.75, 3.05) is 26.1 Å². The van der Waals surface area contributed by atoms with Crippen LogP contribution in [0, 0.1) is 10.1 Å². The van der Waals surface area contributed by atoms with Gasteiger partial charge in [0.25, 0.3) is 5.69 Å². The summed E-state index contributed by atoms with van der Waals surface area (Å²) in [6, 6.07) is 11.2. The van der Waals surface area contributed by atoms with E-state index in [0.717, 1.165) is 5.75 Å². The van der Waals surface area contributed by atoms with Crippen LogP contribution in [0.25, 0.3) is 0 Å². The molecule has 0 bridgehead atoms. The van der Waals surface area contributed by atoms with Crippen LogP contribution in [-0.2, 0) is 4.79 Å². The molecule has 8 nitrogen and oxygen atoms in total. The summed E-state index contributed by atoms with van der Waals surface area (Å²) in [5.41, 5.74) is 0.284. The predicted octanol–water partition coefficient (Wildman–Crippen LogP) is 3.41. The highest BCUT2D eigenvalue weighted by atomic mass is 16.6. The van der Waals surface area contributed by atoms with Crippen LogP contribution < -0.4 is 19.5 Å². The number of non-ortho nitro benzene ring substituents is 1. The van der Waals surface area contributed by atoms with Crippen LogP contribution in [0.4, 0.5) is 11.4 Å². The number of anilines is 1. The predicted molar refractivity (Wildman–Crippen MR) is 96.0 cm³/mol. The van der Waals surface area contributed by atoms with Crippen LogP contribution >= 0.6 is 0 Å². The first kappa shape index (κ1) is 19.0. The molecule has 0 unspecified atom stereocenters. The molecule has 0 saturated carbocycles. The number of rotatable bonds is 9. The van der Waals surface area contributed by atoms with Crippen LogP contribution in [-0.4, -0.2) is 31.7 Å². The molecule has 26 heavy (non-hydrogen) atoms. The molecule has 138 valence electrons. The molecule has 0 aliphatic carbocycles. The molecular formula is C18H20N2O6. The number of hydrogen-bond acceptors (Lipinski definition) is 6. The molecule has 0 saturated heterocycles. The Labute approximate surface area is 150 Å². The smallest absolute Gasteiger partial charge is 0.273 e. The fraction of sp³-hybridized carbons (Fsp3) is 0.278. The van der Waals surface area contributed by atoms with E-state index >= 15 is 0 Å². The summed E-state index contributed by atoms with van der Waals surface area (Å²) in [6.07, 6.45) is 0.767. The minimum Gasteiger partial charge on any atom is -0.497 e. The van der Waals surface area contributed by atoms with Crippen molar-refractivity contribution in [2.45, 2.75) is 12.8 Å². The zero-order valence-corrected chi connectivity index (χ0v) is 14.6. The lowest BCUT2D eigenvalue weighted by atomic mass is 10.2. The maximum absolute atomic E-state index is 12.0. The minimum absolute atomic E-state index is 0.104. The summed E-state index contributed by atoms with van der Waals surface area (Å²) >= 11 is 0. The number of carbonyl (C=O) groups excluding carboxylic acids is 1. The quantitative estimate of drug-likeness (QED) is 0.418. The van der Waals surface area contributed by atoms with Gasteiger partial charge in [0, 0.05) is 12.5 Å². The van der Waals surface area contributed by atoms with E-state index < -0.39 is 4.92 Å². The van der Waals surface area contributed by atoms with Crippen molar-refractivity contribution < 1.29 is 23.9 Å². The molecule has 2 rings (SSSR count). The summed E-state index contributed by atoms with van der Waals surface area (Å²) in [6.45, 7) is 0.386. The Morgan fingerprint density at radius 2 is 1.77 bits per heavy atom. The number of nitro benzene ring substituents is 1. The Morgan fingerprint density at radius 3 is 2.38 bits per heavy atom. The molecule has 0 radical (unpaired) electrons. The molecule has 0 fully saturated rings. The van der Waals surface area contributed by atoms with Crippen molar-refractivity contribution in [3.63, 3.8) is 0 Å². The van der Waals surface area contributed by atoms with Crippen LogP contribution in [0.15, 0.2) is 42.5 Å². The summed E-state index contributed by atoms with van der Waals surface area (Å²) < 4.78 is 15.7. The van der Waals surface area contributed by atoms with Gasteiger partial charge in [-0.05, 0) is 36.8 Å². The van der Waals surface area contributed by atoms with Crippen molar-refractivity contribution >= 4 is 17.3 Å². The fourth-order valence-electron chi connectivity index (χ4n) is 2.20. The molecule has 0 aliphatic rings. The fourth-order valence-corrected chi connectivity index (χ4v) is 2.20. The average molecular weight is 360 g/mol. The SMILES string of the molecule is COc1ccc(OCCCC(=O)Nc2ccc([N+](=O)[O-])cc2OC)cc1. The van der Waals surface area contributed by atoms with E-state index in [2.05, 4.69) is 5.32 Å². The molecule has 0 heterocycles. The van der Waals surface area contributed by atoms with Gasteiger partial charge in [-0.25, -0.2) is 0 Å². The van der Waals surface area contributed by atoms with Crippen LogP contribution in [0.1, 0.15) is 12.8 Å². The molecule has 0 aliphatic heterocycles. The molecule has 2 aromatic rings. The zero-order valence-electron chi connectivity index (χ0n) is 14.6. The molecule has 0 spiro atoms. The van der Waals surface area contributed by atoms with Gasteiger partial charge < -0.3 is 19.5 Å². The molecule has 1 amide bonds. The first-order chi connectivity index (χ1) is 12.5. The maximum Gasteiger partial charge on any atom is 0.273 e. The van der Waals surface area contributed by atoms with Gasteiger partial charge in [-0.3, -0.25) is 14.9 Å². The highest BCUT2D eigenvalue weighted by Gasteiger charge is 2.13. The average Bonchev–Trinajstić information content (AvgIpc) is 2.65. The number of benzene rings is 2. The largest absolute Gasteiger partial charge is 0.497 e. The normalized spacial score (nSPS) is 10.1. The molecule has 0 aromatic heterocycles. The standard InChI is InChI=1S/C18H20N2O6/c1-24-14-6-8-15(9-7-14)26-11-3-4-18(21)19-16-10-5-13(20(22)23)12-17(16)25-2/h5-10,12H,3-4,11H2,1-2H3,(H,19,21). The number of carbonyl (C=O) groups is 1. The van der Waals surface area contributed by atoms with Gasteiger partial charge >= 0.3 is 0 Å². The highest BCUT2D eigenvalue weighted by molar-refractivity contribution is 5.92. The lowest BCUT2D eigenvalue weighted by molar-refractivity contribution is -0.384. The van der Waals surface area contributed by atoms with E-state index in [1.807, 2.05) is 0 Å². The zero-order chi connectivity index (χ0) is 18.9. The maximum atomic E-state index is 12.0. The van der Waals surface area contributed by atoms with Gasteiger partial charge in [0.15, 0.2) is 0 Å². The van der Waals surface area contributed by atoms with E-state index in [-0.39, 0.29) is 23.8 Å². The number of nitro groups is 1. The Morgan fingerprint density at radius 1 is 1.08 bits per heavy atom. The van der Waals surface area contributed by atoms with E-state index in [9.17, 15) is 14.9 Å². The van der Waals surface area contributed by atoms with Gasteiger partial charge in [-0.1, -0.05) is 0 Å². The van der Waals surface area contributed by atoms with Gasteiger partial charge in [-0.15, -0.1) is 0 Å². The molecule has 8 heteroatoms. The lowest BCUT2D eigenvalue weighted by Gasteiger charge is -2.10. The second-order valence-corrected chi connectivity index (χ2v) is 5.32. The van der Waals surface area contributed by atoms with Gasteiger partial charge in [0.2, 0.25) is 5.91 Å². The van der Waals surface area contributed by atoms with Crippen LogP contribution in [0.3, 0.4) is 0 Å². The van der Waals surface area contributed by atoms with Gasteiger partial charge in [0.1, 0.15) is 17.2 Å². The van der Waals surface area contributed by atoms with E-state index in [0.29, 0.717) is 24.5 Å². The first-order valence-corrected chi connectivity index (χ1v) is 7.92.